The maximum Gasteiger partial charge on any atom is 0.224 e. The van der Waals surface area contributed by atoms with E-state index in [4.69, 9.17) is 4.74 Å². The third kappa shape index (κ3) is 6.33. The first-order valence-electron chi connectivity index (χ1n) is 10.5. The van der Waals surface area contributed by atoms with Crippen molar-refractivity contribution >= 4 is 34.5 Å². The van der Waals surface area contributed by atoms with Crippen LogP contribution in [0.5, 0.6) is 5.75 Å². The molecule has 0 saturated heterocycles. The van der Waals surface area contributed by atoms with Crippen molar-refractivity contribution in [3.63, 3.8) is 0 Å². The largest absolute Gasteiger partial charge is 0.494 e. The number of carbonyl (C=O) groups is 1. The van der Waals surface area contributed by atoms with E-state index in [2.05, 4.69) is 39.5 Å². The van der Waals surface area contributed by atoms with Gasteiger partial charge in [-0.25, -0.2) is 14.6 Å². The number of carbonyl (C=O) groups excluding carboxylic acids is 1. The molecule has 0 spiro atoms. The Morgan fingerprint density at radius 2 is 2.00 bits per heavy atom. The molecule has 0 atom stereocenters. The Balaban J connectivity index is 1.60. The summed E-state index contributed by atoms with van der Waals surface area (Å²) in [5, 5.41) is 12.4. The van der Waals surface area contributed by atoms with Gasteiger partial charge in [0.2, 0.25) is 5.91 Å². The van der Waals surface area contributed by atoms with Crippen molar-refractivity contribution in [2.24, 2.45) is 5.92 Å². The van der Waals surface area contributed by atoms with Crippen molar-refractivity contribution in [3.05, 3.63) is 36.0 Å². The molecule has 0 saturated carbocycles. The summed E-state index contributed by atoms with van der Waals surface area (Å²) in [4.78, 5) is 21.5. The number of hydrogen-bond donors (Lipinski definition) is 2. The number of hydrogen-bond acceptors (Lipinski definition) is 7. The summed E-state index contributed by atoms with van der Waals surface area (Å²) in [6.45, 7) is 8.71. The molecular weight excluding hydrogens is 412 g/mol. The Kier molecular flexibility index (Phi) is 8.11. The van der Waals surface area contributed by atoms with Crippen LogP contribution in [0.1, 0.15) is 26.3 Å². The first-order valence-corrected chi connectivity index (χ1v) is 11.7. The second-order valence-corrected chi connectivity index (χ2v) is 8.32. The van der Waals surface area contributed by atoms with Gasteiger partial charge < -0.3 is 15.4 Å². The molecule has 3 aromatic rings. The first kappa shape index (κ1) is 22.9. The second kappa shape index (κ2) is 11.0. The van der Waals surface area contributed by atoms with E-state index in [1.54, 1.807) is 6.20 Å². The minimum Gasteiger partial charge on any atom is -0.494 e. The molecule has 0 aliphatic rings. The van der Waals surface area contributed by atoms with Gasteiger partial charge in [-0.2, -0.15) is 5.10 Å². The van der Waals surface area contributed by atoms with E-state index in [9.17, 15) is 4.79 Å². The van der Waals surface area contributed by atoms with Gasteiger partial charge in [0.25, 0.3) is 0 Å². The average Bonchev–Trinajstić information content (AvgIpc) is 3.16. The predicted molar refractivity (Wildman–Crippen MR) is 125 cm³/mol. The van der Waals surface area contributed by atoms with Crippen LogP contribution in [0.4, 0.5) is 5.82 Å². The maximum atomic E-state index is 12.3. The van der Waals surface area contributed by atoms with Gasteiger partial charge in [-0.15, -0.1) is 0 Å². The lowest BCUT2D eigenvalue weighted by Crippen LogP contribution is -2.28. The monoisotopic (exact) mass is 442 g/mol. The van der Waals surface area contributed by atoms with Crippen molar-refractivity contribution < 1.29 is 9.53 Å². The van der Waals surface area contributed by atoms with Gasteiger partial charge in [0.1, 0.15) is 11.6 Å². The van der Waals surface area contributed by atoms with E-state index in [-0.39, 0.29) is 5.91 Å². The topological polar surface area (TPSA) is 94.0 Å². The molecule has 0 unspecified atom stereocenters. The van der Waals surface area contributed by atoms with Crippen molar-refractivity contribution in [3.8, 4) is 5.75 Å². The summed E-state index contributed by atoms with van der Waals surface area (Å²) in [6.07, 6.45) is 4.06. The van der Waals surface area contributed by atoms with Crippen LogP contribution in [0, 0.1) is 5.92 Å². The van der Waals surface area contributed by atoms with Gasteiger partial charge in [-0.05, 0) is 36.8 Å². The molecule has 2 N–H and O–H groups in total. The molecule has 166 valence electrons. The Labute approximate surface area is 187 Å². The molecule has 3 rings (SSSR count). The molecule has 1 amide bonds. The summed E-state index contributed by atoms with van der Waals surface area (Å²) < 4.78 is 7.25. The minimum atomic E-state index is -0.0284. The third-order valence-electron chi connectivity index (χ3n) is 4.58. The summed E-state index contributed by atoms with van der Waals surface area (Å²) in [6, 6.07) is 7.60. The molecule has 0 fully saturated rings. The van der Waals surface area contributed by atoms with Crippen LogP contribution in [-0.2, 0) is 17.8 Å². The van der Waals surface area contributed by atoms with Gasteiger partial charge in [0, 0.05) is 13.1 Å². The molecule has 1 aromatic carbocycles. The van der Waals surface area contributed by atoms with Crippen LogP contribution in [0.3, 0.4) is 0 Å². The number of ether oxygens (including phenoxy) is 1. The van der Waals surface area contributed by atoms with E-state index >= 15 is 0 Å². The fourth-order valence-corrected chi connectivity index (χ4v) is 3.41. The standard InChI is InChI=1S/C22H30N6O2S/c1-5-30-17-8-6-16(7-9-17)12-19(29)23-10-11-28-21-18(14-25-28)20(24-13-15(2)3)26-22(27-21)31-4/h6-9,14-15H,5,10-13H2,1-4H3,(H,23,29)(H,24,26,27). The zero-order chi connectivity index (χ0) is 22.2. The van der Waals surface area contributed by atoms with Crippen LogP contribution >= 0.6 is 11.8 Å². The van der Waals surface area contributed by atoms with Gasteiger partial charge >= 0.3 is 0 Å². The molecule has 2 heterocycles. The average molecular weight is 443 g/mol. The van der Waals surface area contributed by atoms with E-state index in [0.717, 1.165) is 34.7 Å². The van der Waals surface area contributed by atoms with Crippen molar-refractivity contribution in [2.75, 3.05) is 31.3 Å². The van der Waals surface area contributed by atoms with Crippen molar-refractivity contribution in [2.45, 2.75) is 38.9 Å². The Bertz CT molecular complexity index is 1000. The molecule has 8 nitrogen and oxygen atoms in total. The fourth-order valence-electron chi connectivity index (χ4n) is 3.05. The number of anilines is 1. The number of amides is 1. The second-order valence-electron chi connectivity index (χ2n) is 7.54. The van der Waals surface area contributed by atoms with E-state index in [0.29, 0.717) is 37.2 Å². The van der Waals surface area contributed by atoms with E-state index in [1.165, 1.54) is 11.8 Å². The molecule has 31 heavy (non-hydrogen) atoms. The highest BCUT2D eigenvalue weighted by Crippen LogP contribution is 2.23. The van der Waals surface area contributed by atoms with Gasteiger partial charge in [-0.3, -0.25) is 4.79 Å². The highest BCUT2D eigenvalue weighted by atomic mass is 32.2. The van der Waals surface area contributed by atoms with E-state index in [1.807, 2.05) is 42.1 Å². The van der Waals surface area contributed by atoms with Crippen LogP contribution in [0.2, 0.25) is 0 Å². The van der Waals surface area contributed by atoms with Crippen LogP contribution < -0.4 is 15.4 Å². The maximum absolute atomic E-state index is 12.3. The zero-order valence-electron chi connectivity index (χ0n) is 18.5. The van der Waals surface area contributed by atoms with Crippen LogP contribution in [-0.4, -0.2) is 51.6 Å². The molecule has 9 heteroatoms. The smallest absolute Gasteiger partial charge is 0.224 e. The lowest BCUT2D eigenvalue weighted by Gasteiger charge is -2.11. The highest BCUT2D eigenvalue weighted by Gasteiger charge is 2.13. The molecular formula is C22H30N6O2S. The van der Waals surface area contributed by atoms with Gasteiger partial charge in [0.05, 0.1) is 31.2 Å². The predicted octanol–water partition coefficient (Wildman–Crippen LogP) is 3.37. The van der Waals surface area contributed by atoms with Gasteiger partial charge in [0.15, 0.2) is 10.8 Å². The molecule has 0 radical (unpaired) electrons. The number of nitrogens with one attached hydrogen (secondary N) is 2. The Hall–Kier alpha value is -2.81. The number of rotatable bonds is 11. The molecule has 2 aromatic heterocycles. The number of thioether (sulfide) groups is 1. The van der Waals surface area contributed by atoms with Crippen molar-refractivity contribution in [1.29, 1.82) is 0 Å². The van der Waals surface area contributed by atoms with E-state index < -0.39 is 0 Å². The molecule has 0 bridgehead atoms. The number of fused-ring (bicyclic) bond motifs is 1. The molecule has 0 aliphatic carbocycles. The van der Waals surface area contributed by atoms with Crippen LogP contribution in [0.15, 0.2) is 35.6 Å². The third-order valence-corrected chi connectivity index (χ3v) is 5.13. The van der Waals surface area contributed by atoms with Gasteiger partial charge in [-0.1, -0.05) is 37.7 Å². The van der Waals surface area contributed by atoms with Crippen molar-refractivity contribution in [1.82, 2.24) is 25.1 Å². The number of benzene rings is 1. The SMILES string of the molecule is CCOc1ccc(CC(=O)NCCn2ncc3c(NCC(C)C)nc(SC)nc32)cc1. The summed E-state index contributed by atoms with van der Waals surface area (Å²) in [7, 11) is 0. The summed E-state index contributed by atoms with van der Waals surface area (Å²) >= 11 is 1.50. The summed E-state index contributed by atoms with van der Waals surface area (Å²) in [5.41, 5.74) is 1.72. The minimum absolute atomic E-state index is 0.0284. The summed E-state index contributed by atoms with van der Waals surface area (Å²) in [5.74, 6) is 2.09. The fraction of sp³-hybridized carbons (Fsp3) is 0.455. The number of nitrogens with zero attached hydrogens (tertiary/aromatic N) is 4. The number of aromatic nitrogens is 4. The van der Waals surface area contributed by atoms with Crippen LogP contribution in [0.25, 0.3) is 11.0 Å². The lowest BCUT2D eigenvalue weighted by atomic mass is 10.1. The quantitative estimate of drug-likeness (QED) is 0.347. The first-order chi connectivity index (χ1) is 15.0. The zero-order valence-corrected chi connectivity index (χ0v) is 19.3. The lowest BCUT2D eigenvalue weighted by molar-refractivity contribution is -0.120. The Morgan fingerprint density at radius 3 is 2.68 bits per heavy atom. The highest BCUT2D eigenvalue weighted by molar-refractivity contribution is 7.98. The Morgan fingerprint density at radius 1 is 1.23 bits per heavy atom. The normalized spacial score (nSPS) is 11.1. The molecule has 0 aliphatic heterocycles.